The number of fused-ring (bicyclic) bond motifs is 1. The standard InChI is InChI=1S/C15H15N/c1-3-7-13-11-12-9-5-6-10-14(12)15(16-13)8-4-2/h3-6,9-11H,1-2,7-8H2. The SMILES string of the molecule is C=CCc1cc2ccccc2c(CC=C)n1. The van der Waals surface area contributed by atoms with E-state index in [1.807, 2.05) is 18.2 Å². The molecular weight excluding hydrogens is 194 g/mol. The first-order valence-corrected chi connectivity index (χ1v) is 5.44. The van der Waals surface area contributed by atoms with Gasteiger partial charge in [-0.15, -0.1) is 13.2 Å². The quantitative estimate of drug-likeness (QED) is 0.700. The van der Waals surface area contributed by atoms with Gasteiger partial charge in [0.05, 0.1) is 5.69 Å². The Morgan fingerprint density at radius 1 is 1.06 bits per heavy atom. The van der Waals surface area contributed by atoms with Gasteiger partial charge in [-0.25, -0.2) is 0 Å². The largest absolute Gasteiger partial charge is 0.257 e. The number of hydrogen-bond donors (Lipinski definition) is 0. The summed E-state index contributed by atoms with van der Waals surface area (Å²) in [6.07, 6.45) is 5.40. The average Bonchev–Trinajstić information content (AvgIpc) is 2.30. The molecule has 1 nitrogen and oxygen atoms in total. The number of hydrogen-bond acceptors (Lipinski definition) is 1. The van der Waals surface area contributed by atoms with E-state index in [1.165, 1.54) is 10.8 Å². The Bertz CT molecular complexity index is 526. The molecule has 80 valence electrons. The smallest absolute Gasteiger partial charge is 0.0522 e. The molecule has 0 amide bonds. The first-order valence-electron chi connectivity index (χ1n) is 5.44. The van der Waals surface area contributed by atoms with Crippen molar-refractivity contribution in [1.82, 2.24) is 4.98 Å². The molecule has 2 rings (SSSR count). The van der Waals surface area contributed by atoms with Crippen molar-refractivity contribution in [3.8, 4) is 0 Å². The molecule has 1 heterocycles. The normalized spacial score (nSPS) is 10.2. The maximum atomic E-state index is 4.64. The first kappa shape index (κ1) is 10.6. The van der Waals surface area contributed by atoms with Gasteiger partial charge in [-0.1, -0.05) is 36.4 Å². The molecule has 1 heteroatoms. The van der Waals surface area contributed by atoms with Crippen molar-refractivity contribution in [2.45, 2.75) is 12.8 Å². The zero-order chi connectivity index (χ0) is 11.4. The molecule has 0 bridgehead atoms. The van der Waals surface area contributed by atoms with Crippen molar-refractivity contribution >= 4 is 10.8 Å². The number of pyridine rings is 1. The summed E-state index contributed by atoms with van der Waals surface area (Å²) < 4.78 is 0. The number of nitrogens with zero attached hydrogens (tertiary/aromatic N) is 1. The van der Waals surface area contributed by atoms with Crippen LogP contribution in [-0.2, 0) is 12.8 Å². The molecule has 0 aliphatic carbocycles. The first-order chi connectivity index (χ1) is 7.85. The van der Waals surface area contributed by atoms with Crippen LogP contribution in [0.1, 0.15) is 11.4 Å². The van der Waals surface area contributed by atoms with Gasteiger partial charge in [0.2, 0.25) is 0 Å². The summed E-state index contributed by atoms with van der Waals surface area (Å²) in [4.78, 5) is 4.64. The van der Waals surface area contributed by atoms with Gasteiger partial charge in [0, 0.05) is 23.9 Å². The van der Waals surface area contributed by atoms with E-state index >= 15 is 0 Å². The third-order valence-electron chi connectivity index (χ3n) is 2.56. The molecule has 0 N–H and O–H groups in total. The molecule has 0 saturated heterocycles. The van der Waals surface area contributed by atoms with E-state index in [2.05, 4.69) is 42.4 Å². The summed E-state index contributed by atoms with van der Waals surface area (Å²) in [6.45, 7) is 7.53. The number of rotatable bonds is 4. The Morgan fingerprint density at radius 2 is 1.81 bits per heavy atom. The molecule has 1 aromatic carbocycles. The summed E-state index contributed by atoms with van der Waals surface area (Å²) in [7, 11) is 0. The van der Waals surface area contributed by atoms with Gasteiger partial charge in [-0.2, -0.15) is 0 Å². The van der Waals surface area contributed by atoms with Crippen molar-refractivity contribution in [3.05, 3.63) is 67.0 Å². The lowest BCUT2D eigenvalue weighted by Crippen LogP contribution is -1.95. The molecule has 0 aliphatic rings. The van der Waals surface area contributed by atoms with Crippen molar-refractivity contribution in [2.75, 3.05) is 0 Å². The van der Waals surface area contributed by atoms with Gasteiger partial charge in [0.1, 0.15) is 0 Å². The molecule has 0 fully saturated rings. The third-order valence-corrected chi connectivity index (χ3v) is 2.56. The minimum Gasteiger partial charge on any atom is -0.257 e. The second-order valence-electron chi connectivity index (χ2n) is 3.77. The van der Waals surface area contributed by atoms with Crippen LogP contribution < -0.4 is 0 Å². The van der Waals surface area contributed by atoms with Gasteiger partial charge >= 0.3 is 0 Å². The fourth-order valence-corrected chi connectivity index (χ4v) is 1.88. The lowest BCUT2D eigenvalue weighted by Gasteiger charge is -2.06. The zero-order valence-electron chi connectivity index (χ0n) is 9.32. The summed E-state index contributed by atoms with van der Waals surface area (Å²) in [5.41, 5.74) is 2.18. The van der Waals surface area contributed by atoms with Crippen molar-refractivity contribution in [2.24, 2.45) is 0 Å². The number of aromatic nitrogens is 1. The molecule has 0 radical (unpaired) electrons. The van der Waals surface area contributed by atoms with Gasteiger partial charge < -0.3 is 0 Å². The molecule has 1 aromatic heterocycles. The average molecular weight is 209 g/mol. The lowest BCUT2D eigenvalue weighted by atomic mass is 10.1. The summed E-state index contributed by atoms with van der Waals surface area (Å²) >= 11 is 0. The Morgan fingerprint density at radius 3 is 2.56 bits per heavy atom. The minimum atomic E-state index is 0.811. The zero-order valence-corrected chi connectivity index (χ0v) is 9.32. The molecule has 0 atom stereocenters. The maximum absolute atomic E-state index is 4.64. The highest BCUT2D eigenvalue weighted by Crippen LogP contribution is 2.19. The summed E-state index contributed by atoms with van der Waals surface area (Å²) in [5, 5.41) is 2.46. The van der Waals surface area contributed by atoms with Gasteiger partial charge in [-0.3, -0.25) is 4.98 Å². The highest BCUT2D eigenvalue weighted by Gasteiger charge is 2.03. The highest BCUT2D eigenvalue weighted by atomic mass is 14.7. The Balaban J connectivity index is 2.62. The van der Waals surface area contributed by atoms with Crippen molar-refractivity contribution < 1.29 is 0 Å². The second-order valence-corrected chi connectivity index (χ2v) is 3.77. The van der Waals surface area contributed by atoms with Gasteiger partial charge in [0.15, 0.2) is 0 Å². The molecule has 0 aliphatic heterocycles. The predicted octanol–water partition coefficient (Wildman–Crippen LogP) is 3.69. The summed E-state index contributed by atoms with van der Waals surface area (Å²) in [6, 6.07) is 10.5. The predicted molar refractivity (Wildman–Crippen MR) is 69.5 cm³/mol. The van der Waals surface area contributed by atoms with Crippen LogP contribution in [0.5, 0.6) is 0 Å². The van der Waals surface area contributed by atoms with Gasteiger partial charge in [0.25, 0.3) is 0 Å². The molecular formula is C15H15N. The molecule has 0 spiro atoms. The van der Waals surface area contributed by atoms with Crippen LogP contribution in [0, 0.1) is 0 Å². The van der Waals surface area contributed by atoms with E-state index < -0.39 is 0 Å². The van der Waals surface area contributed by atoms with Crippen LogP contribution >= 0.6 is 0 Å². The molecule has 0 saturated carbocycles. The fourth-order valence-electron chi connectivity index (χ4n) is 1.88. The number of allylic oxidation sites excluding steroid dienone is 2. The number of benzene rings is 1. The molecule has 0 unspecified atom stereocenters. The fraction of sp³-hybridized carbons (Fsp3) is 0.133. The van der Waals surface area contributed by atoms with Crippen LogP contribution in [0.3, 0.4) is 0 Å². The van der Waals surface area contributed by atoms with Crippen LogP contribution in [0.4, 0.5) is 0 Å². The van der Waals surface area contributed by atoms with Crippen LogP contribution in [-0.4, -0.2) is 4.98 Å². The van der Waals surface area contributed by atoms with Gasteiger partial charge in [-0.05, 0) is 11.5 Å². The van der Waals surface area contributed by atoms with E-state index in [1.54, 1.807) is 0 Å². The lowest BCUT2D eigenvalue weighted by molar-refractivity contribution is 1.05. The van der Waals surface area contributed by atoms with Crippen molar-refractivity contribution in [3.63, 3.8) is 0 Å². The molecule has 2 aromatic rings. The van der Waals surface area contributed by atoms with E-state index in [0.29, 0.717) is 0 Å². The van der Waals surface area contributed by atoms with Crippen LogP contribution in [0.2, 0.25) is 0 Å². The van der Waals surface area contributed by atoms with Crippen LogP contribution in [0.15, 0.2) is 55.6 Å². The van der Waals surface area contributed by atoms with E-state index in [4.69, 9.17) is 0 Å². The third kappa shape index (κ3) is 2.03. The monoisotopic (exact) mass is 209 g/mol. The van der Waals surface area contributed by atoms with E-state index in [-0.39, 0.29) is 0 Å². The Hall–Kier alpha value is -1.89. The topological polar surface area (TPSA) is 12.9 Å². The van der Waals surface area contributed by atoms with E-state index in [9.17, 15) is 0 Å². The van der Waals surface area contributed by atoms with Crippen LogP contribution in [0.25, 0.3) is 10.8 Å². The van der Waals surface area contributed by atoms with Crippen molar-refractivity contribution in [1.29, 1.82) is 0 Å². The Kier molecular flexibility index (Phi) is 3.16. The Labute approximate surface area is 96.1 Å². The van der Waals surface area contributed by atoms with E-state index in [0.717, 1.165) is 24.2 Å². The highest BCUT2D eigenvalue weighted by molar-refractivity contribution is 5.85. The minimum absolute atomic E-state index is 0.811. The second kappa shape index (κ2) is 4.75. The molecule has 16 heavy (non-hydrogen) atoms. The maximum Gasteiger partial charge on any atom is 0.0522 e. The summed E-state index contributed by atoms with van der Waals surface area (Å²) in [5.74, 6) is 0.